The molecule has 0 aliphatic rings. The van der Waals surface area contributed by atoms with Crippen molar-refractivity contribution in [2.45, 2.75) is 0 Å². The lowest BCUT2D eigenvalue weighted by molar-refractivity contribution is 0.249. The lowest BCUT2D eigenvalue weighted by Gasteiger charge is -2.01. The summed E-state index contributed by atoms with van der Waals surface area (Å²) in [5.74, 6) is 0. The lowest BCUT2D eigenvalue weighted by Crippen LogP contribution is -2.33. The Kier molecular flexibility index (Phi) is 4.12. The van der Waals surface area contributed by atoms with Crippen LogP contribution in [0, 0.1) is 0 Å². The van der Waals surface area contributed by atoms with Gasteiger partial charge in [0.15, 0.2) is 0 Å². The van der Waals surface area contributed by atoms with Crippen molar-refractivity contribution in [3.63, 3.8) is 0 Å². The summed E-state index contributed by atoms with van der Waals surface area (Å²) in [6.45, 7) is 0.983. The van der Waals surface area contributed by atoms with Crippen LogP contribution in [0.4, 0.5) is 9.93 Å². The van der Waals surface area contributed by atoms with Crippen LogP contribution in [0.15, 0.2) is 30.5 Å². The molecule has 0 aliphatic heterocycles. The molecule has 3 rings (SSSR count). The summed E-state index contributed by atoms with van der Waals surface area (Å²) in [6, 6.07) is 6.96. The summed E-state index contributed by atoms with van der Waals surface area (Å²) in [5.41, 5.74) is 6.82. The smallest absolute Gasteiger partial charge is 0.312 e. The normalized spacial score (nSPS) is 10.8. The first-order valence-electron chi connectivity index (χ1n) is 6.51. The first kappa shape index (κ1) is 14.6. The molecular weight excluding hydrogens is 324 g/mol. The number of nitrogens with zero attached hydrogens (tertiary/aromatic N) is 3. The summed E-state index contributed by atoms with van der Waals surface area (Å²) < 4.78 is 1.72. The number of aromatic nitrogens is 3. The summed E-state index contributed by atoms with van der Waals surface area (Å²) in [4.78, 5) is 15.9. The van der Waals surface area contributed by atoms with Crippen molar-refractivity contribution in [1.82, 2.24) is 19.9 Å². The molecule has 9 heteroatoms. The van der Waals surface area contributed by atoms with Crippen LogP contribution < -0.4 is 16.4 Å². The Morgan fingerprint density at radius 3 is 2.77 bits per heavy atom. The maximum Gasteiger partial charge on any atom is 0.312 e. The van der Waals surface area contributed by atoms with E-state index in [-0.39, 0.29) is 0 Å². The number of halogens is 1. The molecule has 22 heavy (non-hydrogen) atoms. The molecule has 0 fully saturated rings. The number of carbonyl (C=O) groups is 1. The highest BCUT2D eigenvalue weighted by Gasteiger charge is 2.09. The minimum Gasteiger partial charge on any atom is -0.358 e. The van der Waals surface area contributed by atoms with E-state index in [1.165, 1.54) is 11.3 Å². The number of nitrogens with one attached hydrogen (secondary N) is 2. The Morgan fingerprint density at radius 2 is 2.09 bits per heavy atom. The molecular formula is C13H13ClN6OS. The number of primary amides is 1. The highest BCUT2D eigenvalue weighted by molar-refractivity contribution is 7.20. The van der Waals surface area contributed by atoms with E-state index in [0.717, 1.165) is 21.3 Å². The van der Waals surface area contributed by atoms with Gasteiger partial charge >= 0.3 is 6.03 Å². The maximum atomic E-state index is 10.6. The third kappa shape index (κ3) is 3.29. The van der Waals surface area contributed by atoms with Crippen LogP contribution in [-0.2, 0) is 0 Å². The lowest BCUT2D eigenvalue weighted by atomic mass is 10.2. The third-order valence-electron chi connectivity index (χ3n) is 2.88. The first-order valence-corrected chi connectivity index (χ1v) is 7.70. The van der Waals surface area contributed by atoms with E-state index in [4.69, 9.17) is 17.3 Å². The summed E-state index contributed by atoms with van der Waals surface area (Å²) in [5, 5.41) is 11.4. The molecule has 0 bridgehead atoms. The van der Waals surface area contributed by atoms with Gasteiger partial charge in [-0.25, -0.2) is 14.3 Å². The molecule has 0 saturated heterocycles. The van der Waals surface area contributed by atoms with Crippen molar-refractivity contribution in [2.24, 2.45) is 5.73 Å². The Morgan fingerprint density at radius 1 is 1.32 bits per heavy atom. The molecule has 2 heterocycles. The molecule has 7 nitrogen and oxygen atoms in total. The molecule has 1 aromatic carbocycles. The highest BCUT2D eigenvalue weighted by atomic mass is 35.5. The van der Waals surface area contributed by atoms with Crippen molar-refractivity contribution in [3.05, 3.63) is 35.5 Å². The monoisotopic (exact) mass is 336 g/mol. The van der Waals surface area contributed by atoms with E-state index < -0.39 is 6.03 Å². The van der Waals surface area contributed by atoms with Gasteiger partial charge in [-0.15, -0.1) is 5.10 Å². The van der Waals surface area contributed by atoms with Gasteiger partial charge < -0.3 is 16.4 Å². The second-order valence-corrected chi connectivity index (χ2v) is 5.88. The van der Waals surface area contributed by atoms with Crippen LogP contribution in [0.1, 0.15) is 0 Å². The topological polar surface area (TPSA) is 97.3 Å². The van der Waals surface area contributed by atoms with E-state index in [1.807, 2.05) is 30.5 Å². The number of urea groups is 1. The van der Waals surface area contributed by atoms with Gasteiger partial charge in [0, 0.05) is 23.7 Å². The minimum absolute atomic E-state index is 0.438. The molecule has 0 spiro atoms. The molecule has 2 amide bonds. The van der Waals surface area contributed by atoms with Crippen LogP contribution in [-0.4, -0.2) is 33.7 Å². The minimum atomic E-state index is -0.539. The summed E-state index contributed by atoms with van der Waals surface area (Å²) >= 11 is 7.31. The van der Waals surface area contributed by atoms with E-state index in [9.17, 15) is 4.79 Å². The predicted octanol–water partition coefficient (Wildman–Crippen LogP) is 2.19. The molecule has 0 atom stereocenters. The van der Waals surface area contributed by atoms with Crippen molar-refractivity contribution < 1.29 is 4.79 Å². The van der Waals surface area contributed by atoms with Gasteiger partial charge in [0.2, 0.25) is 10.1 Å². The maximum absolute atomic E-state index is 10.6. The summed E-state index contributed by atoms with van der Waals surface area (Å²) in [6.07, 6.45) is 1.86. The fourth-order valence-electron chi connectivity index (χ4n) is 1.89. The van der Waals surface area contributed by atoms with Crippen LogP contribution in [0.2, 0.25) is 5.02 Å². The van der Waals surface area contributed by atoms with Crippen molar-refractivity contribution in [3.8, 4) is 11.3 Å². The Labute approximate surface area is 135 Å². The van der Waals surface area contributed by atoms with Crippen molar-refractivity contribution in [1.29, 1.82) is 0 Å². The van der Waals surface area contributed by atoms with Gasteiger partial charge in [0.25, 0.3) is 0 Å². The zero-order chi connectivity index (χ0) is 15.5. The number of imidazole rings is 1. The molecule has 2 aromatic heterocycles. The highest BCUT2D eigenvalue weighted by Crippen LogP contribution is 2.25. The second kappa shape index (κ2) is 6.20. The first-order chi connectivity index (χ1) is 10.6. The van der Waals surface area contributed by atoms with Crippen LogP contribution in [0.25, 0.3) is 16.2 Å². The number of rotatable bonds is 5. The molecule has 0 radical (unpaired) electrons. The number of hydrogen-bond donors (Lipinski definition) is 3. The van der Waals surface area contributed by atoms with Gasteiger partial charge in [-0.1, -0.05) is 35.1 Å². The van der Waals surface area contributed by atoms with Gasteiger partial charge in [-0.2, -0.15) is 0 Å². The Hall–Kier alpha value is -2.32. The molecule has 0 aliphatic carbocycles. The second-order valence-electron chi connectivity index (χ2n) is 4.49. The van der Waals surface area contributed by atoms with Gasteiger partial charge in [-0.3, -0.25) is 0 Å². The molecule has 0 saturated carbocycles. The van der Waals surface area contributed by atoms with Gasteiger partial charge in [-0.05, 0) is 12.1 Å². The van der Waals surface area contributed by atoms with Gasteiger partial charge in [0.1, 0.15) is 0 Å². The molecule has 0 unspecified atom stereocenters. The number of carbonyl (C=O) groups excluding carboxylic acids is 1. The number of anilines is 1. The van der Waals surface area contributed by atoms with Crippen molar-refractivity contribution >= 4 is 39.1 Å². The molecule has 3 aromatic rings. The largest absolute Gasteiger partial charge is 0.358 e. The number of amides is 2. The van der Waals surface area contributed by atoms with Crippen LogP contribution in [0.3, 0.4) is 0 Å². The van der Waals surface area contributed by atoms with E-state index in [1.54, 1.807) is 4.52 Å². The van der Waals surface area contributed by atoms with E-state index in [2.05, 4.69) is 20.7 Å². The van der Waals surface area contributed by atoms with E-state index >= 15 is 0 Å². The van der Waals surface area contributed by atoms with Crippen LogP contribution >= 0.6 is 22.9 Å². The number of fused-ring (bicyclic) bond motifs is 1. The predicted molar refractivity (Wildman–Crippen MR) is 87.4 cm³/mol. The Bertz CT molecular complexity index is 765. The average Bonchev–Trinajstić information content (AvgIpc) is 3.02. The molecule has 4 N–H and O–H groups in total. The average molecular weight is 337 g/mol. The fourth-order valence-corrected chi connectivity index (χ4v) is 2.82. The van der Waals surface area contributed by atoms with E-state index in [0.29, 0.717) is 18.1 Å². The zero-order valence-corrected chi connectivity index (χ0v) is 13.0. The number of nitrogens with two attached hydrogens (primary N) is 1. The van der Waals surface area contributed by atoms with Crippen molar-refractivity contribution in [2.75, 3.05) is 18.4 Å². The standard InChI is InChI=1S/C13H13ClN6OS/c14-9-3-1-8(2-4-9)10-7-20-13(18-10)22-12(19-20)17-6-5-16-11(15)21/h1-4,7H,5-6H2,(H,17,19)(H3,15,16,21). The zero-order valence-electron chi connectivity index (χ0n) is 11.4. The Balaban J connectivity index is 1.69. The molecule has 114 valence electrons. The quantitative estimate of drug-likeness (QED) is 0.622. The SMILES string of the molecule is NC(=O)NCCNc1nn2cc(-c3ccc(Cl)cc3)nc2s1. The van der Waals surface area contributed by atoms with Gasteiger partial charge in [0.05, 0.1) is 11.9 Å². The third-order valence-corrected chi connectivity index (χ3v) is 4.02. The fraction of sp³-hybridized carbons (Fsp3) is 0.154. The number of benzene rings is 1. The summed E-state index contributed by atoms with van der Waals surface area (Å²) in [7, 11) is 0. The van der Waals surface area contributed by atoms with Crippen LogP contribution in [0.5, 0.6) is 0 Å². The number of hydrogen-bond acceptors (Lipinski definition) is 5.